The van der Waals surface area contributed by atoms with E-state index in [0.29, 0.717) is 37.8 Å². The smallest absolute Gasteiger partial charge is 0.331 e. The number of quaternary nitrogens is 1. The molecule has 2 aliphatic carbocycles. The van der Waals surface area contributed by atoms with E-state index in [9.17, 15) is 4.79 Å². The van der Waals surface area contributed by atoms with Crippen LogP contribution in [-0.4, -0.2) is 44.4 Å². The minimum atomic E-state index is -0.850. The number of carbonyl (C=O) groups is 2. The summed E-state index contributed by atoms with van der Waals surface area (Å²) in [7, 11) is 0. The number of aromatic nitrogens is 2. The number of piperidine rings is 1. The molecule has 4 atom stereocenters. The maximum absolute atomic E-state index is 15.1. The summed E-state index contributed by atoms with van der Waals surface area (Å²) >= 11 is 0. The van der Waals surface area contributed by atoms with Crippen molar-refractivity contribution in [2.75, 3.05) is 12.3 Å². The van der Waals surface area contributed by atoms with Crippen molar-refractivity contribution in [2.24, 2.45) is 17.6 Å². The topological polar surface area (TPSA) is 124 Å². The Morgan fingerprint density at radius 3 is 2.61 bits per heavy atom. The molecule has 8 nitrogen and oxygen atoms in total. The van der Waals surface area contributed by atoms with E-state index in [2.05, 4.69) is 22.4 Å². The van der Waals surface area contributed by atoms with E-state index in [-0.39, 0.29) is 22.2 Å². The van der Waals surface area contributed by atoms with Gasteiger partial charge in [-0.25, -0.2) is 14.3 Å². The van der Waals surface area contributed by atoms with Gasteiger partial charge in [-0.05, 0) is 56.4 Å². The van der Waals surface area contributed by atoms with Crippen molar-refractivity contribution in [2.45, 2.75) is 89.4 Å². The summed E-state index contributed by atoms with van der Waals surface area (Å²) in [5.74, 6) is 0.838. The molecule has 0 spiro atoms. The number of para-hydroxylation sites is 1. The lowest BCUT2D eigenvalue weighted by molar-refractivity contribution is -0.900. The maximum Gasteiger partial charge on any atom is 0.331 e. The molecule has 1 unspecified atom stereocenters. The Labute approximate surface area is 242 Å². The zero-order valence-corrected chi connectivity index (χ0v) is 24.1. The lowest BCUT2D eigenvalue weighted by Gasteiger charge is -2.46. The third-order valence-corrected chi connectivity index (χ3v) is 10.2. The maximum atomic E-state index is 15.1. The Morgan fingerprint density at radius 1 is 1.02 bits per heavy atom. The number of rotatable bonds is 9. The molecule has 3 fully saturated rings. The molecule has 8 heteroatoms. The second kappa shape index (κ2) is 11.1. The molecule has 6 rings (SSSR count). The van der Waals surface area contributed by atoms with Gasteiger partial charge in [-0.2, -0.15) is 0 Å². The molecular weight excluding hydrogens is 512 g/mol. The highest BCUT2D eigenvalue weighted by atomic mass is 16.2. The van der Waals surface area contributed by atoms with Crippen molar-refractivity contribution in [3.05, 3.63) is 65.5 Å². The van der Waals surface area contributed by atoms with Crippen molar-refractivity contribution in [1.29, 1.82) is 0 Å². The van der Waals surface area contributed by atoms with Gasteiger partial charge in [0.15, 0.2) is 5.54 Å². The van der Waals surface area contributed by atoms with Crippen LogP contribution in [0.3, 0.4) is 0 Å². The number of amides is 2. The number of carbonyl (C=O) groups excluding carboxylic acids is 2. The predicted octanol–water partition coefficient (Wildman–Crippen LogP) is 4.53. The van der Waals surface area contributed by atoms with Crippen LogP contribution in [0.4, 0.5) is 5.82 Å². The minimum absolute atomic E-state index is 0.0783. The number of nitrogens with two attached hydrogens (primary N) is 2. The van der Waals surface area contributed by atoms with E-state index in [0.717, 1.165) is 60.0 Å². The van der Waals surface area contributed by atoms with Gasteiger partial charge in [-0.1, -0.05) is 56.4 Å². The molecule has 1 saturated heterocycles. The van der Waals surface area contributed by atoms with E-state index in [4.69, 9.17) is 16.5 Å². The largest absolute Gasteiger partial charge is 0.384 e. The molecule has 3 heterocycles. The van der Waals surface area contributed by atoms with Crippen LogP contribution in [0.5, 0.6) is 0 Å². The van der Waals surface area contributed by atoms with Gasteiger partial charge in [0.2, 0.25) is 0 Å². The Kier molecular flexibility index (Phi) is 7.55. The van der Waals surface area contributed by atoms with Crippen molar-refractivity contribution in [1.82, 2.24) is 15.3 Å². The normalized spacial score (nSPS) is 26.8. The number of fused-ring (bicyclic) bond motifs is 2. The van der Waals surface area contributed by atoms with Gasteiger partial charge in [0.05, 0.1) is 17.8 Å². The number of hydrogen-bond donors (Lipinski definition) is 3. The van der Waals surface area contributed by atoms with Gasteiger partial charge in [0.25, 0.3) is 5.91 Å². The lowest BCUT2D eigenvalue weighted by atomic mass is 9.83. The number of pyridine rings is 2. The highest BCUT2D eigenvalue weighted by Gasteiger charge is 2.76. The number of nitrogen functional groups attached to an aromatic ring is 1. The summed E-state index contributed by atoms with van der Waals surface area (Å²) in [6, 6.07) is 15.6. The number of benzene rings is 1. The SMILES string of the molecule is Cc1nc(N)ccc1C[N+]1(C(=O)[C@@H](CC2CCCCC2)NCc2ccc3ccccc3n2)CCC[C@@H]2C[C@@]21C(N)=O. The van der Waals surface area contributed by atoms with Gasteiger partial charge in [-0.3, -0.25) is 15.1 Å². The summed E-state index contributed by atoms with van der Waals surface area (Å²) in [6.07, 6.45) is 9.26. The Morgan fingerprint density at radius 2 is 1.83 bits per heavy atom. The molecule has 216 valence electrons. The summed E-state index contributed by atoms with van der Waals surface area (Å²) < 4.78 is 0.0783. The van der Waals surface area contributed by atoms with Crippen molar-refractivity contribution < 1.29 is 14.1 Å². The van der Waals surface area contributed by atoms with Crippen molar-refractivity contribution in [3.63, 3.8) is 0 Å². The van der Waals surface area contributed by atoms with Crippen LogP contribution in [0.2, 0.25) is 0 Å². The van der Waals surface area contributed by atoms with Gasteiger partial charge in [0, 0.05) is 35.5 Å². The van der Waals surface area contributed by atoms with Gasteiger partial charge in [-0.15, -0.1) is 0 Å². The Balaban J connectivity index is 1.36. The first kappa shape index (κ1) is 27.8. The molecule has 1 aromatic carbocycles. The number of likely N-dealkylation sites (tertiary alicyclic amines) is 1. The minimum Gasteiger partial charge on any atom is -0.384 e. The molecule has 0 bridgehead atoms. The number of aryl methyl sites for hydroxylation is 1. The number of hydrogen-bond acceptors (Lipinski definition) is 6. The first-order valence-corrected chi connectivity index (χ1v) is 15.3. The predicted molar refractivity (Wildman–Crippen MR) is 160 cm³/mol. The quantitative estimate of drug-likeness (QED) is 0.333. The van der Waals surface area contributed by atoms with E-state index in [1.54, 1.807) is 6.07 Å². The van der Waals surface area contributed by atoms with Crippen LogP contribution >= 0.6 is 0 Å². The first-order chi connectivity index (χ1) is 19.8. The molecule has 2 aromatic heterocycles. The fourth-order valence-electron chi connectivity index (χ4n) is 7.93. The summed E-state index contributed by atoms with van der Waals surface area (Å²) in [6.45, 7) is 3.44. The van der Waals surface area contributed by atoms with Gasteiger partial charge >= 0.3 is 5.91 Å². The van der Waals surface area contributed by atoms with Gasteiger partial charge < -0.3 is 11.5 Å². The van der Waals surface area contributed by atoms with Gasteiger partial charge in [0.1, 0.15) is 18.4 Å². The second-order valence-electron chi connectivity index (χ2n) is 12.7. The zero-order valence-electron chi connectivity index (χ0n) is 24.1. The van der Waals surface area contributed by atoms with Crippen molar-refractivity contribution >= 4 is 28.5 Å². The highest BCUT2D eigenvalue weighted by molar-refractivity contribution is 5.91. The third kappa shape index (κ3) is 5.12. The fourth-order valence-corrected chi connectivity index (χ4v) is 7.93. The average Bonchev–Trinajstić information content (AvgIpc) is 3.74. The zero-order chi connectivity index (χ0) is 28.6. The summed E-state index contributed by atoms with van der Waals surface area (Å²) in [5, 5.41) is 4.76. The number of nitrogens with one attached hydrogen (secondary N) is 1. The van der Waals surface area contributed by atoms with Crippen LogP contribution in [0.1, 0.15) is 74.7 Å². The third-order valence-electron chi connectivity index (χ3n) is 10.2. The molecule has 1 aliphatic heterocycles. The summed E-state index contributed by atoms with van der Waals surface area (Å²) in [5.41, 5.74) is 14.9. The standard InChI is InChI=1S/C33H42N6O2/c1-22-25(14-16-30(34)37-22)21-39(17-7-11-26-19-33(26,39)32(35)41)31(40)29(18-23-8-3-2-4-9-23)36-20-27-15-13-24-10-5-6-12-28(24)38-27/h5-6,10,12-16,23,26,29,36H,2-4,7-9,11,17-21H2,1H3,(H3-,34,35,37,41)/p+1/t26-,29-,33+,39?/m1/s1. The molecule has 41 heavy (non-hydrogen) atoms. The van der Waals surface area contributed by atoms with Crippen LogP contribution in [0, 0.1) is 18.8 Å². The molecule has 2 saturated carbocycles. The van der Waals surface area contributed by atoms with E-state index < -0.39 is 11.6 Å². The molecule has 2 amide bonds. The number of anilines is 1. The van der Waals surface area contributed by atoms with Crippen molar-refractivity contribution in [3.8, 4) is 0 Å². The Bertz CT molecular complexity index is 1450. The molecule has 3 aliphatic rings. The lowest BCUT2D eigenvalue weighted by Crippen LogP contribution is -2.71. The summed E-state index contributed by atoms with van der Waals surface area (Å²) in [4.78, 5) is 37.7. The molecule has 5 N–H and O–H groups in total. The van der Waals surface area contributed by atoms with E-state index >= 15 is 4.79 Å². The van der Waals surface area contributed by atoms with Crippen LogP contribution in [0.25, 0.3) is 10.9 Å². The fraction of sp³-hybridized carbons (Fsp3) is 0.515. The van der Waals surface area contributed by atoms with Crippen LogP contribution in [0.15, 0.2) is 48.5 Å². The highest BCUT2D eigenvalue weighted by Crippen LogP contribution is 2.59. The molecule has 0 radical (unpaired) electrons. The Hall–Kier alpha value is -3.36. The second-order valence-corrected chi connectivity index (χ2v) is 12.7. The molecular formula is C33H43N6O2+. The first-order valence-electron chi connectivity index (χ1n) is 15.3. The molecule has 3 aromatic rings. The van der Waals surface area contributed by atoms with Crippen LogP contribution in [-0.2, 0) is 22.7 Å². The van der Waals surface area contributed by atoms with E-state index in [1.165, 1.54) is 19.3 Å². The van der Waals surface area contributed by atoms with E-state index in [1.807, 2.05) is 37.3 Å². The number of nitrogens with zero attached hydrogens (tertiary/aromatic N) is 3. The van der Waals surface area contributed by atoms with Crippen LogP contribution < -0.4 is 16.8 Å². The average molecular weight is 556 g/mol. The number of primary amides is 1. The monoisotopic (exact) mass is 555 g/mol.